The largest absolute Gasteiger partial charge is 0.495 e. The molecule has 19 heavy (non-hydrogen) atoms. The Bertz CT molecular complexity index is 862. The second kappa shape index (κ2) is 4.36. The highest BCUT2D eigenvalue weighted by molar-refractivity contribution is 7.71. The Kier molecular flexibility index (Phi) is 2.68. The van der Waals surface area contributed by atoms with Gasteiger partial charge in [0.05, 0.1) is 19.0 Å². The maximum absolute atomic E-state index is 12.4. The third-order valence-corrected chi connectivity index (χ3v) is 3.12. The van der Waals surface area contributed by atoms with E-state index in [0.29, 0.717) is 22.5 Å². The second-order valence-corrected chi connectivity index (χ2v) is 4.29. The number of nitrogens with one attached hydrogen (secondary N) is 2. The van der Waals surface area contributed by atoms with Crippen molar-refractivity contribution in [3.8, 4) is 11.4 Å². The molecule has 0 bridgehead atoms. The van der Waals surface area contributed by atoms with Crippen LogP contribution in [0.25, 0.3) is 16.7 Å². The average Bonchev–Trinajstić information content (AvgIpc) is 2.87. The van der Waals surface area contributed by atoms with E-state index in [1.54, 1.807) is 19.2 Å². The number of H-pyrrole nitrogens is 2. The monoisotopic (exact) mass is 274 g/mol. The average molecular weight is 274 g/mol. The van der Waals surface area contributed by atoms with Crippen LogP contribution in [-0.2, 0) is 0 Å². The van der Waals surface area contributed by atoms with Gasteiger partial charge in [0.15, 0.2) is 4.77 Å². The fourth-order valence-corrected chi connectivity index (χ4v) is 2.24. The molecule has 0 aliphatic carbocycles. The van der Waals surface area contributed by atoms with Crippen LogP contribution in [0.15, 0.2) is 35.3 Å². The van der Waals surface area contributed by atoms with Crippen molar-refractivity contribution in [2.24, 2.45) is 0 Å². The highest BCUT2D eigenvalue weighted by Gasteiger charge is 2.11. The second-order valence-electron chi connectivity index (χ2n) is 3.90. The third-order valence-electron chi connectivity index (χ3n) is 2.83. The number of benzene rings is 1. The van der Waals surface area contributed by atoms with Crippen LogP contribution in [0.1, 0.15) is 0 Å². The van der Waals surface area contributed by atoms with Crippen molar-refractivity contribution >= 4 is 23.3 Å². The zero-order valence-corrected chi connectivity index (χ0v) is 10.8. The number of hydrogen-bond acceptors (Lipinski definition) is 4. The summed E-state index contributed by atoms with van der Waals surface area (Å²) < 4.78 is 6.94. The Morgan fingerprint density at radius 2 is 2.16 bits per heavy atom. The molecule has 0 amide bonds. The Balaban J connectivity index is 2.43. The van der Waals surface area contributed by atoms with Crippen molar-refractivity contribution in [1.82, 2.24) is 19.7 Å². The minimum Gasteiger partial charge on any atom is -0.495 e. The van der Waals surface area contributed by atoms with Gasteiger partial charge in [0, 0.05) is 0 Å². The van der Waals surface area contributed by atoms with Gasteiger partial charge in [-0.25, -0.2) is 4.57 Å². The molecule has 0 radical (unpaired) electrons. The predicted octanol–water partition coefficient (Wildman–Crippen LogP) is 1.78. The molecule has 0 atom stereocenters. The molecule has 2 heterocycles. The standard InChI is InChI=1S/C12H10N4O2S/c1-18-9-5-3-2-4-8(9)16-11(17)7-6-13-15-10(7)14-12(16)19/h2-6H,1H3,(H2,13,14,15,19). The molecule has 0 saturated heterocycles. The number of rotatable bonds is 2. The van der Waals surface area contributed by atoms with Gasteiger partial charge in [-0.3, -0.25) is 9.89 Å². The Labute approximate surface area is 112 Å². The molecule has 0 spiro atoms. The maximum atomic E-state index is 12.4. The summed E-state index contributed by atoms with van der Waals surface area (Å²) >= 11 is 5.23. The number of methoxy groups -OCH3 is 1. The van der Waals surface area contributed by atoms with Crippen LogP contribution < -0.4 is 10.3 Å². The molecule has 0 fully saturated rings. The van der Waals surface area contributed by atoms with E-state index in [1.165, 1.54) is 10.8 Å². The first-order chi connectivity index (χ1) is 9.22. The van der Waals surface area contributed by atoms with Crippen LogP contribution in [0.5, 0.6) is 5.75 Å². The Hall–Kier alpha value is -2.41. The molecule has 0 aliphatic heterocycles. The number of fused-ring (bicyclic) bond motifs is 1. The van der Waals surface area contributed by atoms with E-state index in [-0.39, 0.29) is 10.3 Å². The lowest BCUT2D eigenvalue weighted by atomic mass is 10.3. The molecule has 0 unspecified atom stereocenters. The lowest BCUT2D eigenvalue weighted by Crippen LogP contribution is -2.20. The molecule has 2 N–H and O–H groups in total. The van der Waals surface area contributed by atoms with Crippen molar-refractivity contribution in [2.45, 2.75) is 0 Å². The van der Waals surface area contributed by atoms with Gasteiger partial charge in [0.25, 0.3) is 5.56 Å². The quantitative estimate of drug-likeness (QED) is 0.698. The van der Waals surface area contributed by atoms with Crippen LogP contribution in [-0.4, -0.2) is 26.9 Å². The molecular formula is C12H10N4O2S. The first-order valence-electron chi connectivity index (χ1n) is 5.54. The van der Waals surface area contributed by atoms with Gasteiger partial charge in [0.1, 0.15) is 16.8 Å². The summed E-state index contributed by atoms with van der Waals surface area (Å²) in [6.07, 6.45) is 1.47. The lowest BCUT2D eigenvalue weighted by molar-refractivity contribution is 0.412. The molecule has 2 aromatic heterocycles. The number of aromatic nitrogens is 4. The van der Waals surface area contributed by atoms with Gasteiger partial charge >= 0.3 is 0 Å². The van der Waals surface area contributed by atoms with E-state index < -0.39 is 0 Å². The Morgan fingerprint density at radius 3 is 2.95 bits per heavy atom. The van der Waals surface area contributed by atoms with E-state index >= 15 is 0 Å². The van der Waals surface area contributed by atoms with Crippen LogP contribution >= 0.6 is 12.2 Å². The number of aromatic amines is 2. The van der Waals surface area contributed by atoms with Crippen molar-refractivity contribution < 1.29 is 4.74 Å². The number of hydrogen-bond donors (Lipinski definition) is 2. The molecule has 3 aromatic rings. The summed E-state index contributed by atoms with van der Waals surface area (Å²) in [5.74, 6) is 0.576. The zero-order chi connectivity index (χ0) is 13.4. The Morgan fingerprint density at radius 1 is 1.37 bits per heavy atom. The van der Waals surface area contributed by atoms with Gasteiger partial charge < -0.3 is 9.72 Å². The summed E-state index contributed by atoms with van der Waals surface area (Å²) in [7, 11) is 1.55. The molecule has 0 saturated carbocycles. The van der Waals surface area contributed by atoms with Gasteiger partial charge in [0.2, 0.25) is 0 Å². The lowest BCUT2D eigenvalue weighted by Gasteiger charge is -2.10. The van der Waals surface area contributed by atoms with Crippen molar-refractivity contribution in [1.29, 1.82) is 0 Å². The minimum atomic E-state index is -0.239. The van der Waals surface area contributed by atoms with Crippen molar-refractivity contribution in [3.05, 3.63) is 45.6 Å². The zero-order valence-electron chi connectivity index (χ0n) is 10.0. The number of para-hydroxylation sites is 2. The van der Waals surface area contributed by atoms with Gasteiger partial charge in [-0.1, -0.05) is 12.1 Å². The SMILES string of the molecule is COc1ccccc1-n1c(=S)[nH]c2[nH]ncc2c1=O. The molecule has 7 heteroatoms. The summed E-state index contributed by atoms with van der Waals surface area (Å²) in [5, 5.41) is 6.97. The number of nitrogens with zero attached hydrogens (tertiary/aromatic N) is 2. The minimum absolute atomic E-state index is 0.239. The van der Waals surface area contributed by atoms with Crippen LogP contribution in [0, 0.1) is 4.77 Å². The normalized spacial score (nSPS) is 10.8. The van der Waals surface area contributed by atoms with E-state index in [2.05, 4.69) is 15.2 Å². The molecule has 1 aromatic carbocycles. The molecule has 96 valence electrons. The van der Waals surface area contributed by atoms with E-state index in [1.807, 2.05) is 12.1 Å². The van der Waals surface area contributed by atoms with Gasteiger partial charge in [-0.05, 0) is 24.4 Å². The van der Waals surface area contributed by atoms with Gasteiger partial charge in [-0.2, -0.15) is 5.10 Å². The fraction of sp³-hybridized carbons (Fsp3) is 0.0833. The van der Waals surface area contributed by atoms with E-state index in [0.717, 1.165) is 0 Å². The third kappa shape index (κ3) is 1.75. The van der Waals surface area contributed by atoms with Crippen LogP contribution in [0.2, 0.25) is 0 Å². The highest BCUT2D eigenvalue weighted by Crippen LogP contribution is 2.21. The van der Waals surface area contributed by atoms with Crippen LogP contribution in [0.3, 0.4) is 0 Å². The van der Waals surface area contributed by atoms with E-state index in [9.17, 15) is 4.79 Å². The summed E-state index contributed by atoms with van der Waals surface area (Å²) in [4.78, 5) is 15.4. The van der Waals surface area contributed by atoms with Crippen molar-refractivity contribution in [3.63, 3.8) is 0 Å². The topological polar surface area (TPSA) is 75.7 Å². The first kappa shape index (κ1) is 11.7. The fourth-order valence-electron chi connectivity index (χ4n) is 1.95. The molecule has 0 aliphatic rings. The van der Waals surface area contributed by atoms with Gasteiger partial charge in [-0.15, -0.1) is 0 Å². The summed E-state index contributed by atoms with van der Waals surface area (Å²) in [5.41, 5.74) is 0.873. The summed E-state index contributed by atoms with van der Waals surface area (Å²) in [6, 6.07) is 7.20. The van der Waals surface area contributed by atoms with E-state index in [4.69, 9.17) is 17.0 Å². The number of ether oxygens (including phenoxy) is 1. The van der Waals surface area contributed by atoms with Crippen molar-refractivity contribution in [2.75, 3.05) is 7.11 Å². The maximum Gasteiger partial charge on any atom is 0.270 e. The summed E-state index contributed by atoms with van der Waals surface area (Å²) in [6.45, 7) is 0. The van der Waals surface area contributed by atoms with Crippen LogP contribution in [0.4, 0.5) is 0 Å². The highest BCUT2D eigenvalue weighted by atomic mass is 32.1. The predicted molar refractivity (Wildman–Crippen MR) is 73.4 cm³/mol. The molecule has 3 rings (SSSR count). The smallest absolute Gasteiger partial charge is 0.270 e. The first-order valence-corrected chi connectivity index (χ1v) is 5.95. The molecular weight excluding hydrogens is 264 g/mol. The molecule has 6 nitrogen and oxygen atoms in total.